The predicted molar refractivity (Wildman–Crippen MR) is 95.6 cm³/mol. The Morgan fingerprint density at radius 2 is 1.83 bits per heavy atom. The van der Waals surface area contributed by atoms with E-state index in [1.807, 2.05) is 36.1 Å². The van der Waals surface area contributed by atoms with Gasteiger partial charge in [-0.3, -0.25) is 9.59 Å². The minimum absolute atomic E-state index is 0.197. The van der Waals surface area contributed by atoms with Crippen LogP contribution in [0.3, 0.4) is 0 Å². The van der Waals surface area contributed by atoms with E-state index >= 15 is 0 Å². The molecule has 0 saturated carbocycles. The molecule has 1 aliphatic rings. The number of nitrogens with one attached hydrogen (secondary N) is 2. The molecule has 0 unspecified atom stereocenters. The lowest BCUT2D eigenvalue weighted by Gasteiger charge is -2.37. The maximum atomic E-state index is 11.8. The van der Waals surface area contributed by atoms with Crippen molar-refractivity contribution < 1.29 is 9.59 Å². The number of anilines is 2. The minimum atomic E-state index is -0.202. The summed E-state index contributed by atoms with van der Waals surface area (Å²) in [6, 6.07) is 7.81. The molecule has 0 bridgehead atoms. The zero-order valence-electron chi connectivity index (χ0n) is 13.5. The Bertz CT molecular complexity index is 597. The van der Waals surface area contributed by atoms with Crippen molar-refractivity contribution in [1.29, 1.82) is 0 Å². The molecule has 6 nitrogen and oxygen atoms in total. The molecule has 0 aromatic heterocycles. The molecule has 1 aromatic carbocycles. The maximum Gasteiger partial charge on any atom is 0.222 e. The average Bonchev–Trinajstić information content (AvgIpc) is 2.54. The maximum absolute atomic E-state index is 11.8. The van der Waals surface area contributed by atoms with E-state index < -0.39 is 0 Å². The van der Waals surface area contributed by atoms with Gasteiger partial charge < -0.3 is 20.4 Å². The van der Waals surface area contributed by atoms with Gasteiger partial charge in [-0.05, 0) is 24.4 Å². The molecular weight excluding hydrogens is 312 g/mol. The van der Waals surface area contributed by atoms with E-state index in [1.54, 1.807) is 0 Å². The van der Waals surface area contributed by atoms with Gasteiger partial charge in [0.2, 0.25) is 11.8 Å². The Hall–Kier alpha value is -2.15. The monoisotopic (exact) mass is 334 g/mol. The Balaban J connectivity index is 2.05. The van der Waals surface area contributed by atoms with E-state index in [4.69, 9.17) is 12.2 Å². The van der Waals surface area contributed by atoms with Crippen LogP contribution in [0.5, 0.6) is 0 Å². The third-order valence-corrected chi connectivity index (χ3v) is 3.92. The normalized spacial score (nSPS) is 14.3. The number of para-hydroxylation sites is 2. The second-order valence-corrected chi connectivity index (χ2v) is 5.78. The lowest BCUT2D eigenvalue weighted by Crippen LogP contribution is -2.48. The van der Waals surface area contributed by atoms with Gasteiger partial charge in [-0.25, -0.2) is 0 Å². The van der Waals surface area contributed by atoms with Gasteiger partial charge in [0.15, 0.2) is 5.11 Å². The van der Waals surface area contributed by atoms with E-state index in [-0.39, 0.29) is 16.9 Å². The van der Waals surface area contributed by atoms with Gasteiger partial charge in [0, 0.05) is 39.5 Å². The van der Waals surface area contributed by atoms with Crippen molar-refractivity contribution in [1.82, 2.24) is 10.2 Å². The molecule has 23 heavy (non-hydrogen) atoms. The number of carbonyl (C=O) groups excluding carboxylic acids is 2. The minimum Gasteiger partial charge on any atom is -0.366 e. The molecule has 1 heterocycles. The molecule has 0 atom stereocenters. The van der Waals surface area contributed by atoms with Crippen molar-refractivity contribution >= 4 is 40.5 Å². The van der Waals surface area contributed by atoms with Crippen LogP contribution in [0.1, 0.15) is 20.3 Å². The fourth-order valence-corrected chi connectivity index (χ4v) is 2.84. The molecule has 0 radical (unpaired) electrons. The number of hydrogen-bond acceptors (Lipinski definition) is 4. The number of piperazine rings is 1. The van der Waals surface area contributed by atoms with Gasteiger partial charge in [-0.15, -0.1) is 0 Å². The van der Waals surface area contributed by atoms with Gasteiger partial charge in [0.1, 0.15) is 0 Å². The predicted octanol–water partition coefficient (Wildman–Crippen LogP) is 1.58. The Labute approximate surface area is 141 Å². The van der Waals surface area contributed by atoms with Crippen LogP contribution in [0.15, 0.2) is 24.3 Å². The second-order valence-electron chi connectivity index (χ2n) is 5.37. The summed E-state index contributed by atoms with van der Waals surface area (Å²) >= 11 is 5.13. The molecule has 0 aliphatic carbocycles. The van der Waals surface area contributed by atoms with Gasteiger partial charge >= 0.3 is 0 Å². The van der Waals surface area contributed by atoms with Crippen LogP contribution in [-0.4, -0.2) is 48.0 Å². The highest BCUT2D eigenvalue weighted by Crippen LogP contribution is 2.26. The molecule has 124 valence electrons. The molecular formula is C16H22N4O2S. The van der Waals surface area contributed by atoms with Crippen LogP contribution in [-0.2, 0) is 9.59 Å². The molecule has 1 fully saturated rings. The Morgan fingerprint density at radius 3 is 2.43 bits per heavy atom. The van der Waals surface area contributed by atoms with Crippen molar-refractivity contribution in [3.8, 4) is 0 Å². The third kappa shape index (κ3) is 4.66. The first-order valence-corrected chi connectivity index (χ1v) is 8.12. The summed E-state index contributed by atoms with van der Waals surface area (Å²) in [5.74, 6) is -0.00503. The molecule has 2 N–H and O–H groups in total. The quantitative estimate of drug-likeness (QED) is 0.822. The SMILES string of the molecule is CCC(=O)N1CCN(c2ccccc2NC(=S)NC(C)=O)CC1. The highest BCUT2D eigenvalue weighted by molar-refractivity contribution is 7.80. The van der Waals surface area contributed by atoms with Crippen molar-refractivity contribution in [2.75, 3.05) is 36.4 Å². The number of carbonyl (C=O) groups is 2. The summed E-state index contributed by atoms with van der Waals surface area (Å²) < 4.78 is 0. The topological polar surface area (TPSA) is 64.7 Å². The first kappa shape index (κ1) is 17.2. The Kier molecular flexibility index (Phi) is 5.92. The largest absolute Gasteiger partial charge is 0.366 e. The number of rotatable bonds is 3. The summed E-state index contributed by atoms with van der Waals surface area (Å²) in [7, 11) is 0. The molecule has 1 saturated heterocycles. The standard InChI is InChI=1S/C16H22N4O2S/c1-3-15(22)20-10-8-19(9-11-20)14-7-5-4-6-13(14)18-16(23)17-12(2)21/h4-7H,3,8-11H2,1-2H3,(H2,17,18,21,23). The number of amides is 2. The van der Waals surface area contributed by atoms with Gasteiger partial charge in [-0.2, -0.15) is 0 Å². The summed E-state index contributed by atoms with van der Waals surface area (Å²) in [5, 5.41) is 5.90. The third-order valence-electron chi connectivity index (χ3n) is 3.72. The van der Waals surface area contributed by atoms with Crippen molar-refractivity contribution in [2.24, 2.45) is 0 Å². The highest BCUT2D eigenvalue weighted by Gasteiger charge is 2.21. The summed E-state index contributed by atoms with van der Waals surface area (Å²) in [5.41, 5.74) is 1.87. The highest BCUT2D eigenvalue weighted by atomic mass is 32.1. The zero-order valence-corrected chi connectivity index (χ0v) is 14.3. The molecule has 7 heteroatoms. The van der Waals surface area contributed by atoms with Crippen LogP contribution in [0.25, 0.3) is 0 Å². The van der Waals surface area contributed by atoms with Crippen LogP contribution in [0, 0.1) is 0 Å². The number of thiocarbonyl (C=S) groups is 1. The lowest BCUT2D eigenvalue weighted by atomic mass is 10.2. The number of hydrogen-bond donors (Lipinski definition) is 2. The number of benzene rings is 1. The molecule has 2 amide bonds. The van der Waals surface area contributed by atoms with E-state index in [0.29, 0.717) is 6.42 Å². The fraction of sp³-hybridized carbons (Fsp3) is 0.438. The van der Waals surface area contributed by atoms with E-state index in [2.05, 4.69) is 15.5 Å². The summed E-state index contributed by atoms with van der Waals surface area (Å²) in [6.45, 7) is 6.30. The second kappa shape index (κ2) is 7.92. The van der Waals surface area contributed by atoms with Crippen molar-refractivity contribution in [3.63, 3.8) is 0 Å². The zero-order chi connectivity index (χ0) is 16.8. The first-order chi connectivity index (χ1) is 11.0. The smallest absolute Gasteiger partial charge is 0.222 e. The number of nitrogens with zero attached hydrogens (tertiary/aromatic N) is 2. The molecule has 2 rings (SSSR count). The van der Waals surface area contributed by atoms with Crippen LogP contribution < -0.4 is 15.5 Å². The Morgan fingerprint density at radius 1 is 1.17 bits per heavy atom. The van der Waals surface area contributed by atoms with Crippen LogP contribution in [0.2, 0.25) is 0 Å². The fourth-order valence-electron chi connectivity index (χ4n) is 2.59. The molecule has 1 aromatic rings. The van der Waals surface area contributed by atoms with Crippen molar-refractivity contribution in [3.05, 3.63) is 24.3 Å². The van der Waals surface area contributed by atoms with Gasteiger partial charge in [0.25, 0.3) is 0 Å². The first-order valence-electron chi connectivity index (χ1n) is 7.71. The average molecular weight is 334 g/mol. The van der Waals surface area contributed by atoms with E-state index in [0.717, 1.165) is 37.6 Å². The van der Waals surface area contributed by atoms with E-state index in [9.17, 15) is 9.59 Å². The molecule has 0 spiro atoms. The van der Waals surface area contributed by atoms with Gasteiger partial charge in [0.05, 0.1) is 11.4 Å². The van der Waals surface area contributed by atoms with E-state index in [1.165, 1.54) is 6.92 Å². The summed E-state index contributed by atoms with van der Waals surface area (Å²) in [6.07, 6.45) is 0.545. The lowest BCUT2D eigenvalue weighted by molar-refractivity contribution is -0.131. The molecule has 1 aliphatic heterocycles. The van der Waals surface area contributed by atoms with Gasteiger partial charge in [-0.1, -0.05) is 19.1 Å². The van der Waals surface area contributed by atoms with Crippen molar-refractivity contribution in [2.45, 2.75) is 20.3 Å². The van der Waals surface area contributed by atoms with Crippen LogP contribution in [0.4, 0.5) is 11.4 Å². The summed E-state index contributed by atoms with van der Waals surface area (Å²) in [4.78, 5) is 27.0. The van der Waals surface area contributed by atoms with Crippen LogP contribution >= 0.6 is 12.2 Å².